The first kappa shape index (κ1) is 24.1. The number of benzene rings is 2. The Kier molecular flexibility index (Phi) is 7.25. The molecule has 1 aliphatic heterocycles. The normalized spacial score (nSPS) is 14.9. The first-order chi connectivity index (χ1) is 16.9. The maximum Gasteiger partial charge on any atom is 0.310 e. The number of hydrogen-bond acceptors (Lipinski definition) is 6. The number of carbonyl (C=O) groups is 2. The van der Waals surface area contributed by atoms with E-state index in [1.807, 2.05) is 0 Å². The van der Waals surface area contributed by atoms with E-state index in [4.69, 9.17) is 4.74 Å². The highest BCUT2D eigenvalue weighted by Gasteiger charge is 2.40. The van der Waals surface area contributed by atoms with Crippen molar-refractivity contribution in [2.75, 3.05) is 26.2 Å². The Bertz CT molecular complexity index is 1240. The molecule has 1 aromatic heterocycles. The molecule has 11 heteroatoms. The van der Waals surface area contributed by atoms with Crippen LogP contribution in [-0.2, 0) is 16.0 Å². The summed E-state index contributed by atoms with van der Waals surface area (Å²) in [7, 11) is 0. The van der Waals surface area contributed by atoms with Crippen LogP contribution in [0.4, 0.5) is 10.1 Å². The molecule has 0 spiro atoms. The molecule has 3 aromatic rings. The number of amides is 2. The summed E-state index contributed by atoms with van der Waals surface area (Å²) < 4.78 is 19.0. The first-order valence-corrected chi connectivity index (χ1v) is 11.3. The number of para-hydroxylation sites is 2. The molecule has 0 saturated carbocycles. The van der Waals surface area contributed by atoms with Gasteiger partial charge in [0.25, 0.3) is 5.91 Å². The zero-order chi connectivity index (χ0) is 24.8. The van der Waals surface area contributed by atoms with Gasteiger partial charge in [-0.2, -0.15) is 0 Å². The molecular formula is C24H26FN5O5. The Balaban J connectivity index is 1.37. The van der Waals surface area contributed by atoms with E-state index >= 15 is 0 Å². The van der Waals surface area contributed by atoms with Gasteiger partial charge in [0.05, 0.1) is 4.92 Å². The van der Waals surface area contributed by atoms with Gasteiger partial charge in [0.1, 0.15) is 11.4 Å². The van der Waals surface area contributed by atoms with Gasteiger partial charge in [-0.05, 0) is 62.2 Å². The predicted molar refractivity (Wildman–Crippen MR) is 127 cm³/mol. The second-order valence-corrected chi connectivity index (χ2v) is 8.40. The first-order valence-electron chi connectivity index (χ1n) is 11.3. The molecule has 2 heterocycles. The minimum atomic E-state index is -1.12. The fourth-order valence-corrected chi connectivity index (χ4v) is 4.28. The minimum absolute atomic E-state index is 0.0216. The van der Waals surface area contributed by atoms with Gasteiger partial charge >= 0.3 is 5.69 Å². The molecule has 1 aliphatic rings. The molecule has 184 valence electrons. The average molecular weight is 484 g/mol. The Morgan fingerprint density at radius 1 is 1.17 bits per heavy atom. The molecule has 1 fully saturated rings. The number of fused-ring (bicyclic) bond motifs is 1. The molecule has 4 N–H and O–H groups in total. The quantitative estimate of drug-likeness (QED) is 0.272. The van der Waals surface area contributed by atoms with Crippen molar-refractivity contribution in [1.82, 2.24) is 20.9 Å². The summed E-state index contributed by atoms with van der Waals surface area (Å²) in [6, 6.07) is 10.3. The second kappa shape index (κ2) is 10.5. The maximum atomic E-state index is 13.6. The summed E-state index contributed by atoms with van der Waals surface area (Å²) in [5.41, 5.74) is 0.321. The third kappa shape index (κ3) is 5.57. The molecule has 35 heavy (non-hydrogen) atoms. The monoisotopic (exact) mass is 483 g/mol. The van der Waals surface area contributed by atoms with Gasteiger partial charge < -0.3 is 25.7 Å². The number of ether oxygens (including phenoxy) is 1. The van der Waals surface area contributed by atoms with E-state index in [2.05, 4.69) is 20.9 Å². The predicted octanol–water partition coefficient (Wildman–Crippen LogP) is 2.19. The number of nitrogens with one attached hydrogen (secondary N) is 4. The number of halogens is 1. The summed E-state index contributed by atoms with van der Waals surface area (Å²) in [6.45, 7) is 0.926. The molecule has 0 bridgehead atoms. The number of nitro benzene ring substituents is 1. The van der Waals surface area contributed by atoms with Gasteiger partial charge in [0.2, 0.25) is 5.91 Å². The van der Waals surface area contributed by atoms with E-state index in [0.717, 1.165) is 16.5 Å². The summed E-state index contributed by atoms with van der Waals surface area (Å²) in [5.74, 6) is -1.22. The zero-order valence-corrected chi connectivity index (χ0v) is 18.9. The zero-order valence-electron chi connectivity index (χ0n) is 18.9. The number of nitro groups is 1. The molecule has 4 rings (SSSR count). The number of rotatable bonds is 9. The molecule has 0 atom stereocenters. The fraction of sp³-hybridized carbons (Fsp3) is 0.333. The maximum absolute atomic E-state index is 13.6. The number of H-pyrrole nitrogens is 1. The lowest BCUT2D eigenvalue weighted by molar-refractivity contribution is -0.385. The van der Waals surface area contributed by atoms with Crippen LogP contribution in [0.5, 0.6) is 5.75 Å². The van der Waals surface area contributed by atoms with Crippen molar-refractivity contribution in [2.45, 2.75) is 24.8 Å². The van der Waals surface area contributed by atoms with Crippen molar-refractivity contribution in [3.8, 4) is 5.75 Å². The highest BCUT2D eigenvalue weighted by atomic mass is 19.1. The highest BCUT2D eigenvalue weighted by molar-refractivity contribution is 5.92. The fourth-order valence-electron chi connectivity index (χ4n) is 4.28. The van der Waals surface area contributed by atoms with E-state index in [0.29, 0.717) is 38.9 Å². The van der Waals surface area contributed by atoms with Crippen molar-refractivity contribution in [3.05, 3.63) is 70.2 Å². The van der Waals surface area contributed by atoms with Crippen LogP contribution in [0.15, 0.2) is 48.7 Å². The molecular weight excluding hydrogens is 457 g/mol. The van der Waals surface area contributed by atoms with Crippen LogP contribution in [0.1, 0.15) is 18.4 Å². The SMILES string of the molecule is O=C(COc1ccccc1[N+](=O)[O-])NC1(C(=O)NCCc2c[nH]c3ccc(F)cc23)CCNCC1. The smallest absolute Gasteiger partial charge is 0.310 e. The third-order valence-corrected chi connectivity index (χ3v) is 6.10. The van der Waals surface area contributed by atoms with Gasteiger partial charge in [0.15, 0.2) is 12.4 Å². The summed E-state index contributed by atoms with van der Waals surface area (Å²) in [6.07, 6.45) is 3.04. The van der Waals surface area contributed by atoms with E-state index < -0.39 is 23.0 Å². The van der Waals surface area contributed by atoms with Crippen LogP contribution in [0.25, 0.3) is 10.9 Å². The van der Waals surface area contributed by atoms with Crippen LogP contribution in [0.2, 0.25) is 0 Å². The van der Waals surface area contributed by atoms with Gasteiger partial charge in [-0.3, -0.25) is 19.7 Å². The van der Waals surface area contributed by atoms with Crippen LogP contribution in [0.3, 0.4) is 0 Å². The lowest BCUT2D eigenvalue weighted by atomic mass is 9.87. The lowest BCUT2D eigenvalue weighted by Gasteiger charge is -2.37. The number of nitrogens with zero attached hydrogens (tertiary/aromatic N) is 1. The van der Waals surface area contributed by atoms with E-state index in [9.17, 15) is 24.1 Å². The number of hydrogen-bond donors (Lipinski definition) is 4. The lowest BCUT2D eigenvalue weighted by Crippen LogP contribution is -2.63. The van der Waals surface area contributed by atoms with Crippen LogP contribution >= 0.6 is 0 Å². The minimum Gasteiger partial charge on any atom is -0.477 e. The van der Waals surface area contributed by atoms with Gasteiger partial charge in [-0.15, -0.1) is 0 Å². The van der Waals surface area contributed by atoms with Crippen molar-refractivity contribution in [2.24, 2.45) is 0 Å². The van der Waals surface area contributed by atoms with Crippen molar-refractivity contribution in [3.63, 3.8) is 0 Å². The number of aromatic amines is 1. The van der Waals surface area contributed by atoms with Gasteiger partial charge in [-0.1, -0.05) is 12.1 Å². The van der Waals surface area contributed by atoms with E-state index in [1.165, 1.54) is 30.3 Å². The summed E-state index contributed by atoms with van der Waals surface area (Å²) >= 11 is 0. The van der Waals surface area contributed by atoms with Crippen LogP contribution in [-0.4, -0.2) is 53.5 Å². The Morgan fingerprint density at radius 2 is 1.94 bits per heavy atom. The van der Waals surface area contributed by atoms with Crippen LogP contribution < -0.4 is 20.7 Å². The molecule has 1 saturated heterocycles. The summed E-state index contributed by atoms with van der Waals surface area (Å²) in [4.78, 5) is 39.5. The molecule has 2 amide bonds. The Labute approximate surface area is 200 Å². The Morgan fingerprint density at radius 3 is 2.71 bits per heavy atom. The Hall–Kier alpha value is -3.99. The summed E-state index contributed by atoms with van der Waals surface area (Å²) in [5, 5.41) is 20.8. The highest BCUT2D eigenvalue weighted by Crippen LogP contribution is 2.26. The van der Waals surface area contributed by atoms with Gasteiger partial charge in [-0.25, -0.2) is 4.39 Å². The van der Waals surface area contributed by atoms with Crippen molar-refractivity contribution >= 4 is 28.4 Å². The largest absolute Gasteiger partial charge is 0.477 e. The van der Waals surface area contributed by atoms with E-state index in [-0.39, 0.29) is 23.2 Å². The molecule has 0 unspecified atom stereocenters. The standard InChI is InChI=1S/C24H26FN5O5/c25-17-5-6-19-18(13-17)16(14-28-19)7-10-27-23(32)24(8-11-26-12-9-24)29-22(31)15-35-21-4-2-1-3-20(21)30(33)34/h1-6,13-14,26,28H,7-12,15H2,(H,27,32)(H,29,31). The van der Waals surface area contributed by atoms with Crippen LogP contribution in [0, 0.1) is 15.9 Å². The number of aromatic nitrogens is 1. The number of piperidine rings is 1. The molecule has 0 aliphatic carbocycles. The number of carbonyl (C=O) groups excluding carboxylic acids is 2. The molecule has 0 radical (unpaired) electrons. The van der Waals surface area contributed by atoms with Gasteiger partial charge in [0, 0.05) is 29.7 Å². The molecule has 10 nitrogen and oxygen atoms in total. The topological polar surface area (TPSA) is 138 Å². The second-order valence-electron chi connectivity index (χ2n) is 8.40. The third-order valence-electron chi connectivity index (χ3n) is 6.10. The van der Waals surface area contributed by atoms with E-state index in [1.54, 1.807) is 18.3 Å². The molecule has 2 aromatic carbocycles. The average Bonchev–Trinajstić information content (AvgIpc) is 3.25. The van der Waals surface area contributed by atoms with Crippen molar-refractivity contribution < 1.29 is 23.6 Å². The van der Waals surface area contributed by atoms with Crippen molar-refractivity contribution in [1.29, 1.82) is 0 Å².